The molecule has 0 bridgehead atoms. The third kappa shape index (κ3) is 1.89. The Hall–Kier alpha value is -2.69. The van der Waals surface area contributed by atoms with Gasteiger partial charge in [0.25, 0.3) is 0 Å². The van der Waals surface area contributed by atoms with E-state index >= 15 is 0 Å². The van der Waals surface area contributed by atoms with Gasteiger partial charge < -0.3 is 5.32 Å². The molecule has 0 saturated carbocycles. The molecule has 0 atom stereocenters. The van der Waals surface area contributed by atoms with Crippen LogP contribution in [0.3, 0.4) is 0 Å². The molecule has 0 spiro atoms. The fraction of sp³-hybridized carbons (Fsp3) is 0.118. The molecule has 5 heteroatoms. The van der Waals surface area contributed by atoms with Crippen LogP contribution in [0.5, 0.6) is 0 Å². The number of para-hydroxylation sites is 1. The summed E-state index contributed by atoms with van der Waals surface area (Å²) in [5.74, 6) is 0.0559. The standard InChI is InChI=1S/C17H13F2N3/c18-13-6-2-1-5-11(13)16-12-9-10-20-17(12)22(21-16)15-8-4-3-7-14(15)19/h1-8,20H,9-10H2. The Balaban J connectivity index is 1.95. The van der Waals surface area contributed by atoms with Crippen LogP contribution in [0.15, 0.2) is 48.5 Å². The first-order valence-corrected chi connectivity index (χ1v) is 7.11. The van der Waals surface area contributed by atoms with Crippen molar-refractivity contribution in [1.82, 2.24) is 9.78 Å². The third-order valence-electron chi connectivity index (χ3n) is 3.86. The van der Waals surface area contributed by atoms with Gasteiger partial charge in [0.2, 0.25) is 0 Å². The summed E-state index contributed by atoms with van der Waals surface area (Å²) in [5.41, 5.74) is 2.29. The van der Waals surface area contributed by atoms with Crippen LogP contribution >= 0.6 is 0 Å². The quantitative estimate of drug-likeness (QED) is 0.780. The Bertz CT molecular complexity index is 787. The second-order valence-corrected chi connectivity index (χ2v) is 5.20. The van der Waals surface area contributed by atoms with E-state index in [4.69, 9.17) is 0 Å². The fourth-order valence-corrected chi connectivity index (χ4v) is 2.84. The molecule has 2 aromatic carbocycles. The fourth-order valence-electron chi connectivity index (χ4n) is 2.84. The van der Waals surface area contributed by atoms with E-state index < -0.39 is 0 Å². The highest BCUT2D eigenvalue weighted by Gasteiger charge is 2.26. The molecule has 0 fully saturated rings. The van der Waals surface area contributed by atoms with Gasteiger partial charge in [0.05, 0.1) is 0 Å². The van der Waals surface area contributed by atoms with Gasteiger partial charge in [0.15, 0.2) is 0 Å². The Morgan fingerprint density at radius 3 is 2.45 bits per heavy atom. The second kappa shape index (κ2) is 4.94. The number of nitrogens with zero attached hydrogens (tertiary/aromatic N) is 2. The minimum atomic E-state index is -0.360. The van der Waals surface area contributed by atoms with Crippen LogP contribution in [0.1, 0.15) is 5.56 Å². The monoisotopic (exact) mass is 297 g/mol. The molecule has 0 unspecified atom stereocenters. The smallest absolute Gasteiger partial charge is 0.148 e. The Morgan fingerprint density at radius 1 is 0.955 bits per heavy atom. The number of rotatable bonds is 2. The summed E-state index contributed by atoms with van der Waals surface area (Å²) >= 11 is 0. The third-order valence-corrected chi connectivity index (χ3v) is 3.86. The minimum absolute atomic E-state index is 0.324. The minimum Gasteiger partial charge on any atom is -0.369 e. The zero-order chi connectivity index (χ0) is 15.1. The van der Waals surface area contributed by atoms with Gasteiger partial charge in [0, 0.05) is 17.7 Å². The van der Waals surface area contributed by atoms with Gasteiger partial charge in [-0.1, -0.05) is 24.3 Å². The van der Waals surface area contributed by atoms with Crippen LogP contribution in [0.4, 0.5) is 14.6 Å². The molecule has 0 saturated heterocycles. The first-order chi connectivity index (χ1) is 10.8. The molecule has 1 aliphatic heterocycles. The molecule has 0 amide bonds. The summed E-state index contributed by atoms with van der Waals surface area (Å²) in [5, 5.41) is 7.68. The predicted octanol–water partition coefficient (Wildman–Crippen LogP) is 3.79. The summed E-state index contributed by atoms with van der Waals surface area (Å²) in [6, 6.07) is 13.0. The van der Waals surface area contributed by atoms with Crippen LogP contribution in [0.2, 0.25) is 0 Å². The van der Waals surface area contributed by atoms with Gasteiger partial charge in [-0.3, -0.25) is 0 Å². The average Bonchev–Trinajstić information content (AvgIpc) is 3.11. The lowest BCUT2D eigenvalue weighted by Gasteiger charge is -2.07. The van der Waals surface area contributed by atoms with E-state index in [9.17, 15) is 8.78 Å². The highest BCUT2D eigenvalue weighted by molar-refractivity contribution is 5.73. The van der Waals surface area contributed by atoms with E-state index in [1.54, 1.807) is 36.4 Å². The number of halogens is 2. The van der Waals surface area contributed by atoms with Crippen molar-refractivity contribution in [2.45, 2.75) is 6.42 Å². The molecule has 4 rings (SSSR count). The number of fused-ring (bicyclic) bond motifs is 1. The molecule has 3 nitrogen and oxygen atoms in total. The molecule has 1 aromatic heterocycles. The summed E-state index contributed by atoms with van der Waals surface area (Å²) in [6.45, 7) is 0.739. The van der Waals surface area contributed by atoms with E-state index in [1.807, 2.05) is 0 Å². The van der Waals surface area contributed by atoms with Crippen molar-refractivity contribution in [3.05, 3.63) is 65.7 Å². The zero-order valence-electron chi connectivity index (χ0n) is 11.7. The number of aromatic nitrogens is 2. The molecule has 1 N–H and O–H groups in total. The molecule has 22 heavy (non-hydrogen) atoms. The molecule has 110 valence electrons. The lowest BCUT2D eigenvalue weighted by atomic mass is 10.1. The first-order valence-electron chi connectivity index (χ1n) is 7.11. The van der Waals surface area contributed by atoms with Crippen molar-refractivity contribution in [3.63, 3.8) is 0 Å². The average molecular weight is 297 g/mol. The van der Waals surface area contributed by atoms with Crippen LogP contribution in [0.25, 0.3) is 16.9 Å². The SMILES string of the molecule is Fc1ccccc1-c1nn(-c2ccccc2F)c2c1CCN2. The normalized spacial score (nSPS) is 13.0. The Labute approximate surface area is 126 Å². The van der Waals surface area contributed by atoms with Crippen molar-refractivity contribution >= 4 is 5.82 Å². The van der Waals surface area contributed by atoms with Crippen molar-refractivity contribution in [2.75, 3.05) is 11.9 Å². The maximum Gasteiger partial charge on any atom is 0.148 e. The molecular formula is C17H13F2N3. The van der Waals surface area contributed by atoms with Gasteiger partial charge in [-0.25, -0.2) is 13.5 Å². The maximum atomic E-state index is 14.1. The summed E-state index contributed by atoms with van der Waals surface area (Å²) in [6.07, 6.45) is 0.744. The van der Waals surface area contributed by atoms with Gasteiger partial charge in [-0.05, 0) is 30.7 Å². The topological polar surface area (TPSA) is 29.9 Å². The molecule has 0 radical (unpaired) electrons. The van der Waals surface area contributed by atoms with Crippen LogP contribution < -0.4 is 5.32 Å². The molecule has 2 heterocycles. The van der Waals surface area contributed by atoms with E-state index in [1.165, 1.54) is 16.8 Å². The molecule has 0 aliphatic carbocycles. The van der Waals surface area contributed by atoms with Gasteiger partial charge in [0.1, 0.15) is 28.8 Å². The van der Waals surface area contributed by atoms with Gasteiger partial charge in [-0.2, -0.15) is 5.10 Å². The van der Waals surface area contributed by atoms with E-state index in [-0.39, 0.29) is 11.6 Å². The second-order valence-electron chi connectivity index (χ2n) is 5.20. The number of benzene rings is 2. The molecular weight excluding hydrogens is 284 g/mol. The highest BCUT2D eigenvalue weighted by atomic mass is 19.1. The number of hydrogen-bond acceptors (Lipinski definition) is 2. The van der Waals surface area contributed by atoms with E-state index in [0.29, 0.717) is 16.9 Å². The number of hydrogen-bond donors (Lipinski definition) is 1. The van der Waals surface area contributed by atoms with Crippen molar-refractivity contribution in [2.24, 2.45) is 0 Å². The van der Waals surface area contributed by atoms with Crippen molar-refractivity contribution in [1.29, 1.82) is 0 Å². The number of nitrogens with one attached hydrogen (secondary N) is 1. The Kier molecular flexibility index (Phi) is 2.92. The maximum absolute atomic E-state index is 14.1. The van der Waals surface area contributed by atoms with Gasteiger partial charge in [-0.15, -0.1) is 0 Å². The van der Waals surface area contributed by atoms with Gasteiger partial charge >= 0.3 is 0 Å². The zero-order valence-corrected chi connectivity index (χ0v) is 11.7. The molecule has 1 aliphatic rings. The Morgan fingerprint density at radius 2 is 1.68 bits per heavy atom. The highest BCUT2D eigenvalue weighted by Crippen LogP contribution is 2.35. The van der Waals surface area contributed by atoms with Crippen molar-refractivity contribution in [3.8, 4) is 16.9 Å². The van der Waals surface area contributed by atoms with Crippen LogP contribution in [-0.2, 0) is 6.42 Å². The summed E-state index contributed by atoms with van der Waals surface area (Å²) < 4.78 is 29.7. The molecule has 3 aromatic rings. The van der Waals surface area contributed by atoms with Crippen molar-refractivity contribution < 1.29 is 8.78 Å². The lowest BCUT2D eigenvalue weighted by Crippen LogP contribution is -2.06. The van der Waals surface area contributed by atoms with E-state index in [0.717, 1.165) is 24.3 Å². The predicted molar refractivity (Wildman–Crippen MR) is 81.1 cm³/mol. The van der Waals surface area contributed by atoms with Crippen LogP contribution in [0, 0.1) is 11.6 Å². The lowest BCUT2D eigenvalue weighted by molar-refractivity contribution is 0.611. The van der Waals surface area contributed by atoms with E-state index in [2.05, 4.69) is 10.4 Å². The first kappa shape index (κ1) is 13.0. The largest absolute Gasteiger partial charge is 0.369 e. The summed E-state index contributed by atoms with van der Waals surface area (Å²) in [7, 11) is 0. The number of anilines is 1. The van der Waals surface area contributed by atoms with Crippen LogP contribution in [-0.4, -0.2) is 16.3 Å². The summed E-state index contributed by atoms with van der Waals surface area (Å²) in [4.78, 5) is 0.